The molecule has 1 aromatic rings. The molecule has 0 atom stereocenters. The summed E-state index contributed by atoms with van der Waals surface area (Å²) < 4.78 is 0. The Morgan fingerprint density at radius 3 is 2.10 bits per heavy atom. The van der Waals surface area contributed by atoms with Gasteiger partial charge in [0.15, 0.2) is 0 Å². The first-order valence-corrected chi connectivity index (χ1v) is 7.62. The van der Waals surface area contributed by atoms with Gasteiger partial charge < -0.3 is 11.5 Å². The lowest BCUT2D eigenvalue weighted by molar-refractivity contribution is -0.00714. The minimum atomic E-state index is -0.493. The van der Waals surface area contributed by atoms with Gasteiger partial charge in [-0.3, -0.25) is 4.79 Å². The van der Waals surface area contributed by atoms with Gasteiger partial charge in [0, 0.05) is 11.1 Å². The number of aromatic nitrogens is 1. The number of carbonyl (C=O) groups excluding carboxylic acids is 1. The van der Waals surface area contributed by atoms with Gasteiger partial charge in [-0.1, -0.05) is 0 Å². The van der Waals surface area contributed by atoms with Gasteiger partial charge in [0.25, 0.3) is 5.91 Å². The van der Waals surface area contributed by atoms with Crippen LogP contribution in [0.3, 0.4) is 0 Å². The van der Waals surface area contributed by atoms with Crippen LogP contribution in [0.15, 0.2) is 12.1 Å². The van der Waals surface area contributed by atoms with E-state index in [0.29, 0.717) is 11.4 Å². The van der Waals surface area contributed by atoms with Crippen molar-refractivity contribution in [3.63, 3.8) is 0 Å². The van der Waals surface area contributed by atoms with Crippen molar-refractivity contribution in [1.29, 1.82) is 0 Å². The number of hydrogen-bond donors (Lipinski definition) is 2. The Labute approximate surface area is 118 Å². The molecule has 0 unspecified atom stereocenters. The molecule has 0 radical (unpaired) electrons. The van der Waals surface area contributed by atoms with Gasteiger partial charge in [-0.25, -0.2) is 4.98 Å². The fourth-order valence-corrected chi connectivity index (χ4v) is 5.40. The summed E-state index contributed by atoms with van der Waals surface area (Å²) in [5.74, 6) is 2.43. The molecule has 1 amide bonds. The van der Waals surface area contributed by atoms with Gasteiger partial charge in [0.05, 0.1) is 5.56 Å². The molecule has 0 saturated heterocycles. The van der Waals surface area contributed by atoms with E-state index in [0.717, 1.165) is 23.4 Å². The van der Waals surface area contributed by atoms with Gasteiger partial charge in [-0.05, 0) is 68.4 Å². The minimum Gasteiger partial charge on any atom is -0.383 e. The molecule has 1 aromatic heterocycles. The van der Waals surface area contributed by atoms with Crippen molar-refractivity contribution in [3.8, 4) is 0 Å². The first kappa shape index (κ1) is 12.2. The highest BCUT2D eigenvalue weighted by molar-refractivity contribution is 5.97. The third-order valence-corrected chi connectivity index (χ3v) is 5.77. The molecule has 4 bridgehead atoms. The van der Waals surface area contributed by atoms with E-state index in [1.807, 2.05) is 6.07 Å². The lowest BCUT2D eigenvalue weighted by Gasteiger charge is -2.56. The zero-order valence-electron chi connectivity index (χ0n) is 11.6. The van der Waals surface area contributed by atoms with Crippen LogP contribution in [0.1, 0.15) is 54.6 Å². The molecule has 1 heterocycles. The van der Waals surface area contributed by atoms with E-state index < -0.39 is 5.91 Å². The number of pyridine rings is 1. The highest BCUT2D eigenvalue weighted by Gasteiger charge is 2.52. The van der Waals surface area contributed by atoms with Crippen molar-refractivity contribution in [3.05, 3.63) is 23.4 Å². The van der Waals surface area contributed by atoms with E-state index >= 15 is 0 Å². The Morgan fingerprint density at radius 1 is 1.10 bits per heavy atom. The number of nitrogens with zero attached hydrogens (tertiary/aromatic N) is 1. The van der Waals surface area contributed by atoms with Gasteiger partial charge in [-0.2, -0.15) is 0 Å². The summed E-state index contributed by atoms with van der Waals surface area (Å²) in [5.41, 5.74) is 12.9. The molecule has 4 fully saturated rings. The molecule has 0 aliphatic heterocycles. The molecule has 4 heteroatoms. The normalized spacial score (nSPS) is 38.1. The van der Waals surface area contributed by atoms with E-state index in [4.69, 9.17) is 11.5 Å². The average Bonchev–Trinajstić information content (AvgIpc) is 2.36. The molecule has 4 aliphatic carbocycles. The average molecular weight is 271 g/mol. The highest BCUT2D eigenvalue weighted by Crippen LogP contribution is 2.60. The van der Waals surface area contributed by atoms with E-state index in [9.17, 15) is 4.79 Å². The van der Waals surface area contributed by atoms with Crippen LogP contribution in [0.2, 0.25) is 0 Å². The summed E-state index contributed by atoms with van der Waals surface area (Å²) in [6, 6.07) is 3.75. The largest absolute Gasteiger partial charge is 0.383 e. The fraction of sp³-hybridized carbons (Fsp3) is 0.625. The number of primary amides is 1. The monoisotopic (exact) mass is 271 g/mol. The molecular weight excluding hydrogens is 250 g/mol. The lowest BCUT2D eigenvalue weighted by Crippen LogP contribution is -2.49. The van der Waals surface area contributed by atoms with Crippen molar-refractivity contribution >= 4 is 11.7 Å². The van der Waals surface area contributed by atoms with E-state index in [1.165, 1.54) is 38.5 Å². The number of rotatable bonds is 2. The SMILES string of the molecule is NC(=O)c1ccc(C23CC4CC(CC(C4)C2)C3)nc1N. The quantitative estimate of drug-likeness (QED) is 0.865. The van der Waals surface area contributed by atoms with Crippen LogP contribution in [0, 0.1) is 17.8 Å². The van der Waals surface area contributed by atoms with Crippen LogP contribution in [0.5, 0.6) is 0 Å². The molecule has 5 rings (SSSR count). The van der Waals surface area contributed by atoms with Crippen molar-refractivity contribution in [1.82, 2.24) is 4.98 Å². The van der Waals surface area contributed by atoms with Crippen molar-refractivity contribution in [2.45, 2.75) is 43.9 Å². The zero-order chi connectivity index (χ0) is 13.9. The summed E-state index contributed by atoms with van der Waals surface area (Å²) >= 11 is 0. The molecule has 0 aromatic carbocycles. The maximum absolute atomic E-state index is 11.3. The Balaban J connectivity index is 1.74. The summed E-state index contributed by atoms with van der Waals surface area (Å²) in [4.78, 5) is 15.8. The Kier molecular flexibility index (Phi) is 2.41. The number of amides is 1. The second kappa shape index (κ2) is 3.96. The molecular formula is C16H21N3O. The lowest BCUT2D eigenvalue weighted by atomic mass is 9.49. The van der Waals surface area contributed by atoms with Gasteiger partial charge >= 0.3 is 0 Å². The number of nitrogen functional groups attached to an aromatic ring is 1. The predicted molar refractivity (Wildman–Crippen MR) is 77.0 cm³/mol. The van der Waals surface area contributed by atoms with Gasteiger partial charge in [-0.15, -0.1) is 0 Å². The predicted octanol–water partition coefficient (Wildman–Crippen LogP) is 2.23. The van der Waals surface area contributed by atoms with Crippen LogP contribution in [0.25, 0.3) is 0 Å². The minimum absolute atomic E-state index is 0.221. The molecule has 0 spiro atoms. The zero-order valence-corrected chi connectivity index (χ0v) is 11.6. The molecule has 20 heavy (non-hydrogen) atoms. The van der Waals surface area contributed by atoms with Crippen LogP contribution >= 0.6 is 0 Å². The maximum Gasteiger partial charge on any atom is 0.252 e. The van der Waals surface area contributed by atoms with Crippen LogP contribution in [-0.4, -0.2) is 10.9 Å². The second-order valence-corrected chi connectivity index (χ2v) is 7.19. The smallest absolute Gasteiger partial charge is 0.252 e. The summed E-state index contributed by atoms with van der Waals surface area (Å²) in [5, 5.41) is 0. The Morgan fingerprint density at radius 2 is 1.65 bits per heavy atom. The maximum atomic E-state index is 11.3. The summed E-state index contributed by atoms with van der Waals surface area (Å²) in [6.45, 7) is 0. The van der Waals surface area contributed by atoms with Crippen LogP contribution in [-0.2, 0) is 5.41 Å². The van der Waals surface area contributed by atoms with Gasteiger partial charge in [0.2, 0.25) is 0 Å². The fourth-order valence-electron chi connectivity index (χ4n) is 5.40. The van der Waals surface area contributed by atoms with Crippen LogP contribution < -0.4 is 11.5 Å². The van der Waals surface area contributed by atoms with Gasteiger partial charge in [0.1, 0.15) is 5.82 Å². The first-order valence-electron chi connectivity index (χ1n) is 7.62. The second-order valence-electron chi connectivity index (χ2n) is 7.19. The van der Waals surface area contributed by atoms with Crippen molar-refractivity contribution < 1.29 is 4.79 Å². The summed E-state index contributed by atoms with van der Waals surface area (Å²) in [6.07, 6.45) is 7.99. The highest BCUT2D eigenvalue weighted by atomic mass is 16.1. The van der Waals surface area contributed by atoms with E-state index in [2.05, 4.69) is 4.98 Å². The first-order chi connectivity index (χ1) is 9.56. The third kappa shape index (κ3) is 1.67. The van der Waals surface area contributed by atoms with E-state index in [-0.39, 0.29) is 5.41 Å². The van der Waals surface area contributed by atoms with E-state index in [1.54, 1.807) is 6.07 Å². The Bertz CT molecular complexity index is 546. The number of carbonyl (C=O) groups is 1. The van der Waals surface area contributed by atoms with Crippen LogP contribution in [0.4, 0.5) is 5.82 Å². The molecule has 4 saturated carbocycles. The number of anilines is 1. The number of nitrogens with two attached hydrogens (primary N) is 2. The molecule has 4 nitrogen and oxygen atoms in total. The standard InChI is InChI=1S/C16H21N3O/c17-14-12(15(18)20)1-2-13(19-14)16-6-9-3-10(7-16)5-11(4-9)8-16/h1-2,9-11H,3-8H2,(H2,17,19)(H2,18,20). The third-order valence-electron chi connectivity index (χ3n) is 5.77. The molecule has 4 aliphatic rings. The van der Waals surface area contributed by atoms with Crippen molar-refractivity contribution in [2.75, 3.05) is 5.73 Å². The summed E-state index contributed by atoms with van der Waals surface area (Å²) in [7, 11) is 0. The number of hydrogen-bond acceptors (Lipinski definition) is 3. The van der Waals surface area contributed by atoms with Crippen molar-refractivity contribution in [2.24, 2.45) is 23.5 Å². The molecule has 4 N–H and O–H groups in total. The molecule has 106 valence electrons. The Hall–Kier alpha value is -1.58. The topological polar surface area (TPSA) is 82.0 Å².